The number of anilines is 1. The Morgan fingerprint density at radius 3 is 2.60 bits per heavy atom. The van der Waals surface area contributed by atoms with E-state index in [2.05, 4.69) is 10.6 Å². The van der Waals surface area contributed by atoms with Gasteiger partial charge < -0.3 is 15.4 Å². The standard InChI is InChI=1S/C14H16N2O4/c1-2-20-14(19)9-3-5-10(6-4-9)15-13(18)11-7-8-12(17)16-11/h3-6,11H,2,7-8H2,1H3,(H,15,18)(H,16,17). The van der Waals surface area contributed by atoms with Crippen molar-refractivity contribution in [3.8, 4) is 0 Å². The molecule has 6 heteroatoms. The van der Waals surface area contributed by atoms with E-state index in [1.165, 1.54) is 0 Å². The molecule has 1 aliphatic heterocycles. The first-order chi connectivity index (χ1) is 9.60. The van der Waals surface area contributed by atoms with Crippen molar-refractivity contribution in [2.45, 2.75) is 25.8 Å². The zero-order valence-electron chi connectivity index (χ0n) is 11.1. The summed E-state index contributed by atoms with van der Waals surface area (Å²) in [4.78, 5) is 34.4. The molecule has 0 bridgehead atoms. The third kappa shape index (κ3) is 3.34. The van der Waals surface area contributed by atoms with E-state index in [0.717, 1.165) is 0 Å². The molecule has 1 unspecified atom stereocenters. The molecule has 0 spiro atoms. The number of carbonyl (C=O) groups is 3. The maximum absolute atomic E-state index is 11.9. The number of hydrogen-bond acceptors (Lipinski definition) is 4. The van der Waals surface area contributed by atoms with E-state index in [1.54, 1.807) is 31.2 Å². The highest BCUT2D eigenvalue weighted by atomic mass is 16.5. The molecular weight excluding hydrogens is 260 g/mol. The first kappa shape index (κ1) is 14.0. The van der Waals surface area contributed by atoms with Crippen LogP contribution >= 0.6 is 0 Å². The average molecular weight is 276 g/mol. The summed E-state index contributed by atoms with van der Waals surface area (Å²) < 4.78 is 4.87. The minimum atomic E-state index is -0.479. The van der Waals surface area contributed by atoms with E-state index in [9.17, 15) is 14.4 Å². The van der Waals surface area contributed by atoms with Gasteiger partial charge in [0.05, 0.1) is 12.2 Å². The van der Waals surface area contributed by atoms with Gasteiger partial charge in [-0.25, -0.2) is 4.79 Å². The molecule has 0 aromatic heterocycles. The van der Waals surface area contributed by atoms with Gasteiger partial charge in [-0.2, -0.15) is 0 Å². The highest BCUT2D eigenvalue weighted by Crippen LogP contribution is 2.13. The monoisotopic (exact) mass is 276 g/mol. The van der Waals surface area contributed by atoms with E-state index in [1.807, 2.05) is 0 Å². The van der Waals surface area contributed by atoms with Gasteiger partial charge in [0, 0.05) is 12.1 Å². The molecule has 0 aliphatic carbocycles. The number of benzene rings is 1. The van der Waals surface area contributed by atoms with E-state index in [4.69, 9.17) is 4.74 Å². The van der Waals surface area contributed by atoms with Gasteiger partial charge in [0.25, 0.3) is 0 Å². The van der Waals surface area contributed by atoms with Crippen molar-refractivity contribution >= 4 is 23.5 Å². The molecule has 2 N–H and O–H groups in total. The first-order valence-corrected chi connectivity index (χ1v) is 6.47. The van der Waals surface area contributed by atoms with Crippen molar-refractivity contribution in [1.29, 1.82) is 0 Å². The topological polar surface area (TPSA) is 84.5 Å². The summed E-state index contributed by atoms with van der Waals surface area (Å²) in [5.41, 5.74) is 1.00. The third-order valence-electron chi connectivity index (χ3n) is 2.98. The minimum absolute atomic E-state index is 0.109. The van der Waals surface area contributed by atoms with Crippen LogP contribution in [0.1, 0.15) is 30.1 Å². The number of carbonyl (C=O) groups excluding carboxylic acids is 3. The van der Waals surface area contributed by atoms with Gasteiger partial charge in [0.15, 0.2) is 0 Å². The van der Waals surface area contributed by atoms with Crippen LogP contribution in [0.3, 0.4) is 0 Å². The minimum Gasteiger partial charge on any atom is -0.462 e. The molecule has 1 heterocycles. The Balaban J connectivity index is 1.95. The Hall–Kier alpha value is -2.37. The van der Waals surface area contributed by atoms with E-state index >= 15 is 0 Å². The van der Waals surface area contributed by atoms with Crippen LogP contribution in [0.4, 0.5) is 5.69 Å². The van der Waals surface area contributed by atoms with Crippen LogP contribution in [0, 0.1) is 0 Å². The van der Waals surface area contributed by atoms with Crippen molar-refractivity contribution in [3.05, 3.63) is 29.8 Å². The average Bonchev–Trinajstić information content (AvgIpc) is 2.86. The molecule has 2 rings (SSSR count). The van der Waals surface area contributed by atoms with Crippen LogP contribution in [0.15, 0.2) is 24.3 Å². The SMILES string of the molecule is CCOC(=O)c1ccc(NC(=O)C2CCC(=O)N2)cc1. The van der Waals surface area contributed by atoms with Gasteiger partial charge in [-0.1, -0.05) is 0 Å². The van der Waals surface area contributed by atoms with Crippen LogP contribution in [0.25, 0.3) is 0 Å². The Morgan fingerprint density at radius 2 is 2.05 bits per heavy atom. The molecule has 1 atom stereocenters. The highest BCUT2D eigenvalue weighted by Gasteiger charge is 2.27. The second-order valence-corrected chi connectivity index (χ2v) is 4.45. The van der Waals surface area contributed by atoms with Crippen molar-refractivity contribution < 1.29 is 19.1 Å². The van der Waals surface area contributed by atoms with Gasteiger partial charge in [-0.3, -0.25) is 9.59 Å². The Labute approximate surface area is 116 Å². The molecule has 1 aromatic carbocycles. The zero-order valence-corrected chi connectivity index (χ0v) is 11.1. The number of nitrogens with one attached hydrogen (secondary N) is 2. The van der Waals surface area contributed by atoms with Gasteiger partial charge in [0.2, 0.25) is 11.8 Å². The van der Waals surface area contributed by atoms with Gasteiger partial charge in [-0.05, 0) is 37.6 Å². The molecule has 6 nitrogen and oxygen atoms in total. The molecule has 0 radical (unpaired) electrons. The van der Waals surface area contributed by atoms with Crippen molar-refractivity contribution in [2.24, 2.45) is 0 Å². The smallest absolute Gasteiger partial charge is 0.338 e. The predicted octanol–water partition coefficient (Wildman–Crippen LogP) is 1.08. The summed E-state index contributed by atoms with van der Waals surface area (Å²) in [5.74, 6) is -0.754. The molecular formula is C14H16N2O4. The molecule has 1 saturated heterocycles. The lowest BCUT2D eigenvalue weighted by Crippen LogP contribution is -2.37. The van der Waals surface area contributed by atoms with Crippen LogP contribution in [-0.4, -0.2) is 30.4 Å². The fourth-order valence-corrected chi connectivity index (χ4v) is 1.94. The number of ether oxygens (including phenoxy) is 1. The van der Waals surface area contributed by atoms with Crippen LogP contribution in [0.5, 0.6) is 0 Å². The van der Waals surface area contributed by atoms with Crippen molar-refractivity contribution in [3.63, 3.8) is 0 Å². The lowest BCUT2D eigenvalue weighted by molar-refractivity contribution is -0.122. The van der Waals surface area contributed by atoms with Gasteiger partial charge in [-0.15, -0.1) is 0 Å². The molecule has 1 fully saturated rings. The Bertz CT molecular complexity index is 524. The predicted molar refractivity (Wildman–Crippen MR) is 72.2 cm³/mol. The fraction of sp³-hybridized carbons (Fsp3) is 0.357. The summed E-state index contributed by atoms with van der Waals surface area (Å²) in [5, 5.41) is 5.29. The van der Waals surface area contributed by atoms with Gasteiger partial charge >= 0.3 is 5.97 Å². The third-order valence-corrected chi connectivity index (χ3v) is 2.98. The number of amides is 2. The quantitative estimate of drug-likeness (QED) is 0.806. The summed E-state index contributed by atoms with van der Waals surface area (Å²) in [6, 6.07) is 5.94. The summed E-state index contributed by atoms with van der Waals surface area (Å²) >= 11 is 0. The highest BCUT2D eigenvalue weighted by molar-refractivity contribution is 5.99. The van der Waals surface area contributed by atoms with Crippen LogP contribution < -0.4 is 10.6 Å². The Morgan fingerprint density at radius 1 is 1.35 bits per heavy atom. The van der Waals surface area contributed by atoms with Crippen molar-refractivity contribution in [1.82, 2.24) is 5.32 Å². The van der Waals surface area contributed by atoms with E-state index in [0.29, 0.717) is 30.7 Å². The molecule has 106 valence electrons. The first-order valence-electron chi connectivity index (χ1n) is 6.47. The lowest BCUT2D eigenvalue weighted by Gasteiger charge is -2.11. The van der Waals surface area contributed by atoms with Crippen molar-refractivity contribution in [2.75, 3.05) is 11.9 Å². The largest absolute Gasteiger partial charge is 0.462 e. The maximum atomic E-state index is 11.9. The molecule has 1 aliphatic rings. The van der Waals surface area contributed by atoms with Gasteiger partial charge in [0.1, 0.15) is 6.04 Å². The second kappa shape index (κ2) is 6.18. The van der Waals surface area contributed by atoms with Crippen LogP contribution in [-0.2, 0) is 14.3 Å². The van der Waals surface area contributed by atoms with E-state index in [-0.39, 0.29) is 11.8 Å². The molecule has 0 saturated carbocycles. The summed E-state index contributed by atoms with van der Waals surface area (Å²) in [6.45, 7) is 2.06. The number of rotatable bonds is 4. The second-order valence-electron chi connectivity index (χ2n) is 4.45. The molecule has 20 heavy (non-hydrogen) atoms. The van der Waals surface area contributed by atoms with Crippen LogP contribution in [0.2, 0.25) is 0 Å². The Kier molecular flexibility index (Phi) is 4.34. The summed E-state index contributed by atoms with van der Waals surface area (Å²) in [7, 11) is 0. The normalized spacial score (nSPS) is 17.4. The number of hydrogen-bond donors (Lipinski definition) is 2. The maximum Gasteiger partial charge on any atom is 0.338 e. The summed E-state index contributed by atoms with van der Waals surface area (Å²) in [6.07, 6.45) is 0.880. The van der Waals surface area contributed by atoms with E-state index < -0.39 is 12.0 Å². The number of esters is 1. The molecule has 1 aromatic rings. The fourth-order valence-electron chi connectivity index (χ4n) is 1.94. The zero-order chi connectivity index (χ0) is 14.5. The molecule has 2 amide bonds. The lowest BCUT2D eigenvalue weighted by atomic mass is 10.2.